The molecule has 1 atom stereocenters. The topological polar surface area (TPSA) is 70.4 Å². The van der Waals surface area contributed by atoms with Crippen molar-refractivity contribution < 1.29 is 0 Å². The average molecular weight is 546 g/mol. The van der Waals surface area contributed by atoms with Gasteiger partial charge in [-0.3, -0.25) is 9.67 Å². The molecule has 0 spiro atoms. The van der Waals surface area contributed by atoms with E-state index in [1.165, 1.54) is 0 Å². The van der Waals surface area contributed by atoms with Crippen molar-refractivity contribution in [3.05, 3.63) is 64.4 Å². The lowest BCUT2D eigenvalue weighted by Gasteiger charge is -2.20. The summed E-state index contributed by atoms with van der Waals surface area (Å²) in [4.78, 5) is 10.9. The van der Waals surface area contributed by atoms with Crippen molar-refractivity contribution in [2.24, 2.45) is 4.99 Å². The second kappa shape index (κ2) is 11.4. The maximum Gasteiger partial charge on any atom is 0.191 e. The molecule has 156 valence electrons. The van der Waals surface area contributed by atoms with Gasteiger partial charge in [0.25, 0.3) is 0 Å². The Morgan fingerprint density at radius 3 is 2.62 bits per heavy atom. The molecule has 2 N–H and O–H groups in total. The summed E-state index contributed by atoms with van der Waals surface area (Å²) in [5.74, 6) is 0.713. The van der Waals surface area contributed by atoms with Crippen molar-refractivity contribution in [1.29, 1.82) is 0 Å². The van der Waals surface area contributed by atoms with E-state index in [4.69, 9.17) is 11.6 Å². The highest BCUT2D eigenvalue weighted by Crippen LogP contribution is 2.20. The number of anilines is 1. The molecule has 0 fully saturated rings. The van der Waals surface area contributed by atoms with Crippen LogP contribution >= 0.6 is 46.9 Å². The molecule has 0 saturated heterocycles. The maximum atomic E-state index is 6.04. The Balaban J connectivity index is 0.00000300. The van der Waals surface area contributed by atoms with Gasteiger partial charge in [-0.1, -0.05) is 23.7 Å². The molecule has 10 heteroatoms. The lowest BCUT2D eigenvalue weighted by atomic mass is 10.1. The van der Waals surface area contributed by atoms with Gasteiger partial charge in [0.2, 0.25) is 0 Å². The SMILES string of the molecule is CN=C(NCc1csc(N(C)C)n1)NCC(c1ccc(Cl)cc1)n1cccn1.I. The zero-order chi connectivity index (χ0) is 19.9. The van der Waals surface area contributed by atoms with E-state index < -0.39 is 0 Å². The van der Waals surface area contributed by atoms with E-state index in [0.717, 1.165) is 16.4 Å². The van der Waals surface area contributed by atoms with Gasteiger partial charge in [0.1, 0.15) is 0 Å². The highest BCUT2D eigenvalue weighted by molar-refractivity contribution is 14.0. The number of benzene rings is 1. The lowest BCUT2D eigenvalue weighted by molar-refractivity contribution is 0.510. The molecule has 0 saturated carbocycles. The monoisotopic (exact) mass is 545 g/mol. The van der Waals surface area contributed by atoms with Gasteiger partial charge < -0.3 is 15.5 Å². The molecule has 0 aliphatic carbocycles. The number of hydrogen-bond donors (Lipinski definition) is 2. The number of halogens is 2. The quantitative estimate of drug-likeness (QED) is 0.270. The molecule has 3 rings (SSSR count). The molecule has 1 unspecified atom stereocenters. The molecule has 0 aliphatic heterocycles. The van der Waals surface area contributed by atoms with E-state index in [-0.39, 0.29) is 30.0 Å². The first kappa shape index (κ1) is 23.4. The number of hydrogen-bond acceptors (Lipinski definition) is 5. The largest absolute Gasteiger partial charge is 0.354 e. The first-order chi connectivity index (χ1) is 13.6. The minimum absolute atomic E-state index is 0. The normalized spacial score (nSPS) is 12.2. The highest BCUT2D eigenvalue weighted by atomic mass is 127. The Kier molecular flexibility index (Phi) is 9.18. The number of rotatable bonds is 7. The molecule has 0 radical (unpaired) electrons. The summed E-state index contributed by atoms with van der Waals surface area (Å²) in [6.45, 7) is 1.24. The predicted octanol–water partition coefficient (Wildman–Crippen LogP) is 3.63. The Hall–Kier alpha value is -1.85. The van der Waals surface area contributed by atoms with Crippen LogP contribution in [0.2, 0.25) is 5.02 Å². The number of nitrogens with one attached hydrogen (secondary N) is 2. The van der Waals surface area contributed by atoms with Gasteiger partial charge in [0, 0.05) is 50.5 Å². The third kappa shape index (κ3) is 6.58. The van der Waals surface area contributed by atoms with Crippen LogP contribution in [0, 0.1) is 0 Å². The van der Waals surface area contributed by atoms with E-state index in [1.54, 1.807) is 24.6 Å². The zero-order valence-electron chi connectivity index (χ0n) is 16.5. The molecule has 0 bridgehead atoms. The Bertz CT molecular complexity index is 894. The van der Waals surface area contributed by atoms with Crippen LogP contribution in [0.25, 0.3) is 0 Å². The Morgan fingerprint density at radius 1 is 1.28 bits per heavy atom. The highest BCUT2D eigenvalue weighted by Gasteiger charge is 2.15. The molecule has 2 heterocycles. The fraction of sp³-hybridized carbons (Fsp3) is 0.316. The number of nitrogens with zero attached hydrogens (tertiary/aromatic N) is 5. The van der Waals surface area contributed by atoms with Crippen molar-refractivity contribution in [2.75, 3.05) is 32.6 Å². The molecule has 0 amide bonds. The minimum Gasteiger partial charge on any atom is -0.354 e. The molecule has 29 heavy (non-hydrogen) atoms. The van der Waals surface area contributed by atoms with Gasteiger partial charge in [-0.05, 0) is 23.8 Å². The third-order valence-electron chi connectivity index (χ3n) is 4.14. The summed E-state index contributed by atoms with van der Waals surface area (Å²) >= 11 is 7.66. The van der Waals surface area contributed by atoms with Crippen LogP contribution in [-0.4, -0.2) is 48.4 Å². The van der Waals surface area contributed by atoms with Crippen molar-refractivity contribution >= 4 is 58.0 Å². The van der Waals surface area contributed by atoms with Crippen molar-refractivity contribution in [2.45, 2.75) is 12.6 Å². The molecule has 1 aromatic carbocycles. The van der Waals surface area contributed by atoms with Crippen molar-refractivity contribution in [3.8, 4) is 0 Å². The molecule has 2 aromatic heterocycles. The number of thiazole rings is 1. The molecular formula is C19H25ClIN7S. The Morgan fingerprint density at radius 2 is 2.03 bits per heavy atom. The molecule has 7 nitrogen and oxygen atoms in total. The molecule has 3 aromatic rings. The Labute approximate surface area is 197 Å². The fourth-order valence-corrected chi connectivity index (χ4v) is 3.57. The standard InChI is InChI=1S/C19H24ClN7S.HI/c1-21-18(22-11-16-13-28-19(25-16)26(2)3)23-12-17(27-10-4-9-24-27)14-5-7-15(20)8-6-14;/h4-10,13,17H,11-12H2,1-3H3,(H2,21,22,23);1H. The van der Waals surface area contributed by atoms with Gasteiger partial charge in [0.15, 0.2) is 11.1 Å². The van der Waals surface area contributed by atoms with Gasteiger partial charge in [-0.15, -0.1) is 35.3 Å². The number of aromatic nitrogens is 3. The fourth-order valence-electron chi connectivity index (χ4n) is 2.69. The lowest BCUT2D eigenvalue weighted by Crippen LogP contribution is -2.40. The van der Waals surface area contributed by atoms with Gasteiger partial charge in [0.05, 0.1) is 18.3 Å². The van der Waals surface area contributed by atoms with Crippen LogP contribution in [0.15, 0.2) is 53.1 Å². The average Bonchev–Trinajstić information content (AvgIpc) is 3.38. The van der Waals surface area contributed by atoms with E-state index in [0.29, 0.717) is 24.1 Å². The smallest absolute Gasteiger partial charge is 0.191 e. The maximum absolute atomic E-state index is 6.04. The summed E-state index contributed by atoms with van der Waals surface area (Å²) in [6, 6.07) is 9.76. The summed E-state index contributed by atoms with van der Waals surface area (Å²) in [5.41, 5.74) is 2.10. The van der Waals surface area contributed by atoms with Gasteiger partial charge in [-0.2, -0.15) is 5.10 Å². The summed E-state index contributed by atoms with van der Waals surface area (Å²) in [7, 11) is 5.73. The van der Waals surface area contributed by atoms with E-state index >= 15 is 0 Å². The predicted molar refractivity (Wildman–Crippen MR) is 132 cm³/mol. The van der Waals surface area contributed by atoms with Gasteiger partial charge >= 0.3 is 0 Å². The second-order valence-corrected chi connectivity index (χ2v) is 7.65. The molecule has 0 aliphatic rings. The van der Waals surface area contributed by atoms with Crippen LogP contribution in [0.4, 0.5) is 5.13 Å². The van der Waals surface area contributed by atoms with Crippen LogP contribution in [0.1, 0.15) is 17.3 Å². The van der Waals surface area contributed by atoms with E-state index in [1.807, 2.05) is 60.2 Å². The summed E-state index contributed by atoms with van der Waals surface area (Å²) < 4.78 is 1.92. The van der Waals surface area contributed by atoms with Crippen LogP contribution in [0.3, 0.4) is 0 Å². The first-order valence-electron chi connectivity index (χ1n) is 8.87. The number of guanidine groups is 1. The summed E-state index contributed by atoms with van der Waals surface area (Å²) in [6.07, 6.45) is 3.73. The van der Waals surface area contributed by atoms with E-state index in [2.05, 4.69) is 31.1 Å². The van der Waals surface area contributed by atoms with Crippen LogP contribution in [0.5, 0.6) is 0 Å². The minimum atomic E-state index is 0. The van der Waals surface area contributed by atoms with Crippen molar-refractivity contribution in [3.63, 3.8) is 0 Å². The molecular weight excluding hydrogens is 521 g/mol. The van der Waals surface area contributed by atoms with Crippen LogP contribution in [-0.2, 0) is 6.54 Å². The van der Waals surface area contributed by atoms with E-state index in [9.17, 15) is 0 Å². The second-order valence-electron chi connectivity index (χ2n) is 6.38. The first-order valence-corrected chi connectivity index (χ1v) is 10.1. The summed E-state index contributed by atoms with van der Waals surface area (Å²) in [5, 5.41) is 14.9. The van der Waals surface area contributed by atoms with Gasteiger partial charge in [-0.25, -0.2) is 4.98 Å². The third-order valence-corrected chi connectivity index (χ3v) is 5.45. The number of aliphatic imine (C=N–C) groups is 1. The van der Waals surface area contributed by atoms with Crippen LogP contribution < -0.4 is 15.5 Å². The van der Waals surface area contributed by atoms with Crippen molar-refractivity contribution in [1.82, 2.24) is 25.4 Å². The zero-order valence-corrected chi connectivity index (χ0v) is 20.4.